The van der Waals surface area contributed by atoms with Crippen LogP contribution in [0.5, 0.6) is 0 Å². The van der Waals surface area contributed by atoms with Crippen molar-refractivity contribution in [3.05, 3.63) is 33.8 Å². The Morgan fingerprint density at radius 2 is 1.79 bits per heavy atom. The predicted molar refractivity (Wildman–Crippen MR) is 61.7 cm³/mol. The van der Waals surface area contributed by atoms with E-state index < -0.39 is 7.94 Å². The predicted octanol–water partition coefficient (Wildman–Crippen LogP) is 2.41. The summed E-state index contributed by atoms with van der Waals surface area (Å²) in [6.07, 6.45) is 0. The molecule has 1 aromatic carbocycles. The van der Waals surface area contributed by atoms with E-state index in [9.17, 15) is 0 Å². The van der Waals surface area contributed by atoms with E-state index in [1.807, 2.05) is 0 Å². The van der Waals surface area contributed by atoms with Crippen LogP contribution in [0.4, 0.5) is 0 Å². The van der Waals surface area contributed by atoms with Crippen LogP contribution in [0.25, 0.3) is 0 Å². The van der Waals surface area contributed by atoms with Gasteiger partial charge in [-0.05, 0) is 30.4 Å². The first-order valence-electron chi connectivity index (χ1n) is 3.39. The molecule has 0 bridgehead atoms. The number of benzene rings is 1. The Morgan fingerprint density at radius 1 is 1.21 bits per heavy atom. The number of rotatable bonds is 2. The van der Waals surface area contributed by atoms with E-state index in [2.05, 4.69) is 12.2 Å². The zero-order valence-corrected chi connectivity index (χ0v) is 9.91. The average molecular weight is 272 g/mol. The van der Waals surface area contributed by atoms with E-state index in [0.29, 0.717) is 5.02 Å². The summed E-state index contributed by atoms with van der Waals surface area (Å²) in [6, 6.07) is 4.32. The molecule has 0 atom stereocenters. The van der Waals surface area contributed by atoms with Gasteiger partial charge in [0.2, 0.25) is 0 Å². The first-order valence-corrected chi connectivity index (χ1v) is 6.21. The quantitative estimate of drug-likeness (QED) is 0.571. The van der Waals surface area contributed by atoms with E-state index in [1.165, 1.54) is 18.2 Å². The lowest BCUT2D eigenvalue weighted by Gasteiger charge is -2.06. The minimum Gasteiger partial charge on any atom is -0.188 e. The molecule has 0 unspecified atom stereocenters. The van der Waals surface area contributed by atoms with Crippen molar-refractivity contribution in [3.63, 3.8) is 0 Å². The fourth-order valence-corrected chi connectivity index (χ4v) is 2.15. The second-order valence-corrected chi connectivity index (χ2v) is 5.64. The molecule has 3 nitrogen and oxygen atoms in total. The standard InChI is InChI=1S/C7H6Cl2O3PS/c8-4-1-2-5(6(9)3-4)7(14)13(10,11)12/h1-3,10-12H/q+1. The van der Waals surface area contributed by atoms with Crippen molar-refractivity contribution in [1.29, 1.82) is 0 Å². The lowest BCUT2D eigenvalue weighted by Crippen LogP contribution is -2.04. The van der Waals surface area contributed by atoms with Crippen LogP contribution in [0.3, 0.4) is 0 Å². The monoisotopic (exact) mass is 271 g/mol. The van der Waals surface area contributed by atoms with Gasteiger partial charge in [0, 0.05) is 5.02 Å². The summed E-state index contributed by atoms with van der Waals surface area (Å²) in [5.74, 6) is 0. The van der Waals surface area contributed by atoms with Gasteiger partial charge in [-0.3, -0.25) is 0 Å². The first-order chi connectivity index (χ1) is 6.32. The van der Waals surface area contributed by atoms with E-state index >= 15 is 0 Å². The topological polar surface area (TPSA) is 60.7 Å². The summed E-state index contributed by atoms with van der Waals surface area (Å²) >= 11 is 16.0. The molecule has 76 valence electrons. The largest absolute Gasteiger partial charge is 0.453 e. The Balaban J connectivity index is 3.15. The maximum Gasteiger partial charge on any atom is 0.453 e. The second-order valence-electron chi connectivity index (χ2n) is 2.50. The minimum absolute atomic E-state index is 0.170. The molecule has 0 amide bonds. The third kappa shape index (κ3) is 2.84. The maximum absolute atomic E-state index is 8.92. The van der Waals surface area contributed by atoms with Gasteiger partial charge in [-0.15, -0.1) is 0 Å². The highest BCUT2D eigenvalue weighted by Crippen LogP contribution is 2.50. The van der Waals surface area contributed by atoms with Crippen LogP contribution in [0.1, 0.15) is 5.56 Å². The van der Waals surface area contributed by atoms with Crippen molar-refractivity contribution < 1.29 is 14.7 Å². The van der Waals surface area contributed by atoms with Crippen LogP contribution in [-0.2, 0) is 0 Å². The average Bonchev–Trinajstić information content (AvgIpc) is 2.01. The molecule has 1 rings (SSSR count). The van der Waals surface area contributed by atoms with Crippen molar-refractivity contribution in [2.75, 3.05) is 0 Å². The molecule has 0 saturated carbocycles. The fourth-order valence-electron chi connectivity index (χ4n) is 0.825. The molecular weight excluding hydrogens is 266 g/mol. The Hall–Kier alpha value is 0.200. The molecule has 7 heteroatoms. The smallest absolute Gasteiger partial charge is 0.188 e. The molecule has 0 spiro atoms. The molecule has 0 aliphatic rings. The number of thiocarbonyl (C=S) groups is 1. The third-order valence-corrected chi connectivity index (χ3v) is 3.72. The SMILES string of the molecule is O[P+](O)(O)C(=S)c1ccc(Cl)cc1Cl. The zero-order valence-electron chi connectivity index (χ0n) is 6.69. The molecule has 0 aliphatic carbocycles. The first kappa shape index (κ1) is 12.3. The van der Waals surface area contributed by atoms with Gasteiger partial charge >= 0.3 is 7.94 Å². The molecule has 0 aromatic heterocycles. The van der Waals surface area contributed by atoms with Gasteiger partial charge in [0.15, 0.2) is 0 Å². The molecule has 3 N–H and O–H groups in total. The molecule has 0 heterocycles. The van der Waals surface area contributed by atoms with Crippen LogP contribution in [0.2, 0.25) is 10.0 Å². The van der Waals surface area contributed by atoms with Crippen LogP contribution in [-0.4, -0.2) is 19.3 Å². The van der Waals surface area contributed by atoms with Crippen LogP contribution in [0.15, 0.2) is 18.2 Å². The molecule has 1 aromatic rings. The normalized spacial score (nSPS) is 11.5. The van der Waals surface area contributed by atoms with Crippen molar-refractivity contribution in [3.8, 4) is 0 Å². The van der Waals surface area contributed by atoms with E-state index in [1.54, 1.807) is 0 Å². The van der Waals surface area contributed by atoms with Crippen molar-refractivity contribution in [2.24, 2.45) is 0 Å². The minimum atomic E-state index is -4.17. The summed E-state index contributed by atoms with van der Waals surface area (Å²) in [6.45, 7) is 0. The molecule has 0 saturated heterocycles. The van der Waals surface area contributed by atoms with Gasteiger partial charge < -0.3 is 0 Å². The second kappa shape index (κ2) is 4.37. The Kier molecular flexibility index (Phi) is 3.83. The summed E-state index contributed by atoms with van der Waals surface area (Å²) in [5.41, 5.74) is 0.201. The van der Waals surface area contributed by atoms with Crippen molar-refractivity contribution in [2.45, 2.75) is 0 Å². The summed E-state index contributed by atoms with van der Waals surface area (Å²) < 4.78 is -0.362. The van der Waals surface area contributed by atoms with Gasteiger partial charge in [0.25, 0.3) is 4.61 Å². The number of halogens is 2. The van der Waals surface area contributed by atoms with Gasteiger partial charge in [0.1, 0.15) is 0 Å². The lowest BCUT2D eigenvalue weighted by atomic mass is 10.2. The number of hydrogen-bond donors (Lipinski definition) is 3. The molecule has 0 radical (unpaired) electrons. The summed E-state index contributed by atoms with van der Waals surface area (Å²) in [4.78, 5) is 26.8. The lowest BCUT2D eigenvalue weighted by molar-refractivity contribution is 0.352. The van der Waals surface area contributed by atoms with Gasteiger partial charge in [-0.1, -0.05) is 23.2 Å². The van der Waals surface area contributed by atoms with Crippen LogP contribution >= 0.6 is 43.4 Å². The number of hydrogen-bond acceptors (Lipinski definition) is 4. The van der Waals surface area contributed by atoms with E-state index in [4.69, 9.17) is 37.9 Å². The highest BCUT2D eigenvalue weighted by molar-refractivity contribution is 8.00. The third-order valence-electron chi connectivity index (χ3n) is 1.43. The highest BCUT2D eigenvalue weighted by Gasteiger charge is 2.39. The molecule has 14 heavy (non-hydrogen) atoms. The maximum atomic E-state index is 8.92. The van der Waals surface area contributed by atoms with Crippen LogP contribution in [0, 0.1) is 0 Å². The van der Waals surface area contributed by atoms with Crippen LogP contribution < -0.4 is 0 Å². The summed E-state index contributed by atoms with van der Waals surface area (Å²) in [5, 5.41) is 0.573. The Labute approximate surface area is 96.5 Å². The Bertz CT molecular complexity index is 378. The van der Waals surface area contributed by atoms with E-state index in [0.717, 1.165) is 0 Å². The van der Waals surface area contributed by atoms with Crippen molar-refractivity contribution in [1.82, 2.24) is 0 Å². The Morgan fingerprint density at radius 3 is 2.21 bits per heavy atom. The van der Waals surface area contributed by atoms with Gasteiger partial charge in [-0.2, -0.15) is 14.7 Å². The van der Waals surface area contributed by atoms with Gasteiger partial charge in [-0.25, -0.2) is 0 Å². The van der Waals surface area contributed by atoms with Gasteiger partial charge in [0.05, 0.1) is 10.6 Å². The fraction of sp³-hybridized carbons (Fsp3) is 0. The van der Waals surface area contributed by atoms with E-state index in [-0.39, 0.29) is 15.2 Å². The molecule has 0 aliphatic heterocycles. The molecule has 0 fully saturated rings. The summed E-state index contributed by atoms with van der Waals surface area (Å²) in [7, 11) is -4.17. The van der Waals surface area contributed by atoms with Crippen molar-refractivity contribution >= 4 is 48.0 Å². The highest BCUT2D eigenvalue weighted by atomic mass is 35.5. The zero-order chi connectivity index (χ0) is 10.9. The molecular formula is C7H6Cl2O3PS+.